The van der Waals surface area contributed by atoms with Gasteiger partial charge in [-0.25, -0.2) is 0 Å². The molecule has 2 nitrogen and oxygen atoms in total. The van der Waals surface area contributed by atoms with Crippen LogP contribution < -0.4 is 10.1 Å². The molecule has 0 bridgehead atoms. The minimum absolute atomic E-state index is 0.754. The molecule has 0 saturated heterocycles. The third-order valence-corrected chi connectivity index (χ3v) is 5.64. The first-order valence-corrected chi connectivity index (χ1v) is 12.2. The Kier molecular flexibility index (Phi) is 16.1. The first-order valence-electron chi connectivity index (χ1n) is 12.2. The van der Waals surface area contributed by atoms with Gasteiger partial charge in [0.2, 0.25) is 0 Å². The van der Waals surface area contributed by atoms with Crippen molar-refractivity contribution in [3.8, 4) is 5.75 Å². The molecular formula is C26H47NO. The fraction of sp³-hybridized carbons (Fsp3) is 0.769. The van der Waals surface area contributed by atoms with Gasteiger partial charge in [-0.05, 0) is 37.9 Å². The van der Waals surface area contributed by atoms with Crippen molar-refractivity contribution in [3.63, 3.8) is 0 Å². The first kappa shape index (κ1) is 25.0. The second-order valence-corrected chi connectivity index (χ2v) is 8.42. The molecule has 1 N–H and O–H groups in total. The lowest BCUT2D eigenvalue weighted by Crippen LogP contribution is -2.22. The zero-order valence-corrected chi connectivity index (χ0v) is 19.2. The van der Waals surface area contributed by atoms with Crippen molar-refractivity contribution < 1.29 is 4.74 Å². The van der Waals surface area contributed by atoms with Gasteiger partial charge < -0.3 is 10.1 Å². The molecule has 0 aliphatic carbocycles. The van der Waals surface area contributed by atoms with Crippen LogP contribution in [0.1, 0.15) is 108 Å². The zero-order chi connectivity index (χ0) is 20.3. The van der Waals surface area contributed by atoms with Crippen LogP contribution in [-0.4, -0.2) is 19.7 Å². The van der Waals surface area contributed by atoms with Crippen molar-refractivity contribution in [1.82, 2.24) is 5.32 Å². The second kappa shape index (κ2) is 18.0. The molecule has 28 heavy (non-hydrogen) atoms. The molecule has 0 radical (unpaired) electrons. The summed E-state index contributed by atoms with van der Waals surface area (Å²) in [5.41, 5.74) is 2.46. The molecule has 0 spiro atoms. The summed E-state index contributed by atoms with van der Waals surface area (Å²) in [4.78, 5) is 0. The summed E-state index contributed by atoms with van der Waals surface area (Å²) in [6.45, 7) is 9.33. The second-order valence-electron chi connectivity index (χ2n) is 8.42. The zero-order valence-electron chi connectivity index (χ0n) is 19.2. The number of hydrogen-bond acceptors (Lipinski definition) is 2. The summed E-state index contributed by atoms with van der Waals surface area (Å²) in [5, 5.41) is 3.51. The van der Waals surface area contributed by atoms with E-state index in [1.165, 1.54) is 101 Å². The van der Waals surface area contributed by atoms with Crippen LogP contribution in [0.25, 0.3) is 0 Å². The highest BCUT2D eigenvalue weighted by atomic mass is 16.5. The molecule has 1 aromatic rings. The van der Waals surface area contributed by atoms with E-state index in [1.54, 1.807) is 0 Å². The van der Waals surface area contributed by atoms with Crippen LogP contribution in [-0.2, 0) is 0 Å². The van der Waals surface area contributed by atoms with Gasteiger partial charge in [0.25, 0.3) is 0 Å². The number of aryl methyl sites for hydroxylation is 2. The van der Waals surface area contributed by atoms with Crippen LogP contribution in [0.5, 0.6) is 5.75 Å². The molecule has 0 amide bonds. The van der Waals surface area contributed by atoms with E-state index in [4.69, 9.17) is 4.74 Å². The molecule has 0 saturated carbocycles. The highest BCUT2D eigenvalue weighted by Gasteiger charge is 2.02. The molecule has 0 heterocycles. The maximum absolute atomic E-state index is 5.93. The highest BCUT2D eigenvalue weighted by molar-refractivity contribution is 5.39. The average molecular weight is 390 g/mol. The number of unbranched alkanes of at least 4 members (excludes halogenated alkanes) is 13. The maximum atomic E-state index is 5.93. The third-order valence-electron chi connectivity index (χ3n) is 5.64. The summed E-state index contributed by atoms with van der Waals surface area (Å²) in [6, 6.07) is 6.32. The Balaban J connectivity index is 1.78. The fourth-order valence-corrected chi connectivity index (χ4v) is 3.82. The molecule has 162 valence electrons. The van der Waals surface area contributed by atoms with Crippen LogP contribution in [0.15, 0.2) is 18.2 Å². The van der Waals surface area contributed by atoms with Crippen molar-refractivity contribution >= 4 is 0 Å². The minimum atomic E-state index is 0.754. The van der Waals surface area contributed by atoms with E-state index >= 15 is 0 Å². The Bertz CT molecular complexity index is 451. The molecule has 0 aliphatic heterocycles. The van der Waals surface area contributed by atoms with Gasteiger partial charge in [-0.2, -0.15) is 0 Å². The largest absolute Gasteiger partial charge is 0.492 e. The molecule has 0 atom stereocenters. The van der Waals surface area contributed by atoms with E-state index in [0.29, 0.717) is 0 Å². The molecule has 0 aromatic heterocycles. The summed E-state index contributed by atoms with van der Waals surface area (Å²) < 4.78 is 5.93. The van der Waals surface area contributed by atoms with Crippen molar-refractivity contribution in [2.75, 3.05) is 19.7 Å². The predicted molar refractivity (Wildman–Crippen MR) is 125 cm³/mol. The molecule has 0 fully saturated rings. The van der Waals surface area contributed by atoms with Crippen LogP contribution in [0.3, 0.4) is 0 Å². The Morgan fingerprint density at radius 3 is 1.61 bits per heavy atom. The smallest absolute Gasteiger partial charge is 0.125 e. The van der Waals surface area contributed by atoms with Gasteiger partial charge in [0.1, 0.15) is 12.4 Å². The number of rotatable bonds is 19. The van der Waals surface area contributed by atoms with Crippen LogP contribution in [0.2, 0.25) is 0 Å². The molecule has 1 aromatic carbocycles. The van der Waals surface area contributed by atoms with Crippen molar-refractivity contribution in [1.29, 1.82) is 0 Å². The number of hydrogen-bond donors (Lipinski definition) is 1. The van der Waals surface area contributed by atoms with Crippen LogP contribution in [0.4, 0.5) is 0 Å². The Hall–Kier alpha value is -1.02. The predicted octanol–water partition coefficient (Wildman–Crippen LogP) is 7.75. The van der Waals surface area contributed by atoms with Crippen molar-refractivity contribution in [2.24, 2.45) is 0 Å². The normalized spacial score (nSPS) is 11.1. The molecule has 1 rings (SSSR count). The van der Waals surface area contributed by atoms with Crippen LogP contribution in [0, 0.1) is 13.8 Å². The lowest BCUT2D eigenvalue weighted by atomic mass is 10.0. The first-order chi connectivity index (χ1) is 13.8. The lowest BCUT2D eigenvalue weighted by Gasteiger charge is -2.12. The van der Waals surface area contributed by atoms with Gasteiger partial charge in [-0.15, -0.1) is 0 Å². The summed E-state index contributed by atoms with van der Waals surface area (Å²) >= 11 is 0. The monoisotopic (exact) mass is 389 g/mol. The van der Waals surface area contributed by atoms with Gasteiger partial charge in [-0.3, -0.25) is 0 Å². The van der Waals surface area contributed by atoms with Gasteiger partial charge in [-0.1, -0.05) is 109 Å². The molecule has 2 heteroatoms. The Morgan fingerprint density at radius 1 is 0.643 bits per heavy atom. The number of para-hydroxylation sites is 1. The van der Waals surface area contributed by atoms with Gasteiger partial charge in [0.15, 0.2) is 0 Å². The number of nitrogens with one attached hydrogen (secondary N) is 1. The van der Waals surface area contributed by atoms with Crippen molar-refractivity contribution in [2.45, 2.75) is 111 Å². The fourth-order valence-electron chi connectivity index (χ4n) is 3.82. The number of benzene rings is 1. The lowest BCUT2D eigenvalue weighted by molar-refractivity contribution is 0.309. The Labute approximate surface area is 175 Å². The topological polar surface area (TPSA) is 21.3 Å². The van der Waals surface area contributed by atoms with E-state index in [2.05, 4.69) is 44.3 Å². The molecule has 0 unspecified atom stereocenters. The average Bonchev–Trinajstić information content (AvgIpc) is 2.69. The van der Waals surface area contributed by atoms with Gasteiger partial charge in [0.05, 0.1) is 0 Å². The highest BCUT2D eigenvalue weighted by Crippen LogP contribution is 2.21. The van der Waals surface area contributed by atoms with E-state index < -0.39 is 0 Å². The standard InChI is InChI=1S/C26H47NO/c1-4-5-6-7-8-9-10-11-12-13-14-15-16-17-21-27-22-23-28-26-24(2)19-18-20-25(26)3/h18-20,27H,4-17,21-23H2,1-3H3. The van der Waals surface area contributed by atoms with Gasteiger partial charge in [0, 0.05) is 6.54 Å². The maximum Gasteiger partial charge on any atom is 0.125 e. The quantitative estimate of drug-likeness (QED) is 0.244. The van der Waals surface area contributed by atoms with Crippen LogP contribution >= 0.6 is 0 Å². The number of ether oxygens (including phenoxy) is 1. The van der Waals surface area contributed by atoms with Gasteiger partial charge >= 0.3 is 0 Å². The summed E-state index contributed by atoms with van der Waals surface area (Å²) in [7, 11) is 0. The Morgan fingerprint density at radius 2 is 1.11 bits per heavy atom. The van der Waals surface area contributed by atoms with E-state index in [0.717, 1.165) is 25.4 Å². The summed E-state index contributed by atoms with van der Waals surface area (Å²) in [5.74, 6) is 1.06. The van der Waals surface area contributed by atoms with E-state index in [-0.39, 0.29) is 0 Å². The summed E-state index contributed by atoms with van der Waals surface area (Å²) in [6.07, 6.45) is 19.9. The van der Waals surface area contributed by atoms with Crippen molar-refractivity contribution in [3.05, 3.63) is 29.3 Å². The SMILES string of the molecule is CCCCCCCCCCCCCCCCNCCOc1c(C)cccc1C. The van der Waals surface area contributed by atoms with E-state index in [1.807, 2.05) is 0 Å². The molecule has 0 aliphatic rings. The van der Waals surface area contributed by atoms with E-state index in [9.17, 15) is 0 Å². The molecular weight excluding hydrogens is 342 g/mol. The third kappa shape index (κ3) is 13.2. The minimum Gasteiger partial charge on any atom is -0.492 e.